The first-order chi connectivity index (χ1) is 30.4. The number of aliphatic hydroxyl groups is 3. The summed E-state index contributed by atoms with van der Waals surface area (Å²) in [5, 5.41) is 39.6. The van der Waals surface area contributed by atoms with Crippen LogP contribution in [0, 0.1) is 11.3 Å². The van der Waals surface area contributed by atoms with E-state index in [1.165, 1.54) is 22.9 Å². The molecule has 0 saturated carbocycles. The number of nitrogens with two attached hydrogens (primary N) is 1. The largest absolute Gasteiger partial charge is 0.463 e. The van der Waals surface area contributed by atoms with Gasteiger partial charge in [0.05, 0.1) is 19.5 Å². The Morgan fingerprint density at radius 2 is 1.58 bits per heavy atom. The first-order valence-corrected chi connectivity index (χ1v) is 23.3. The number of hydrogen-bond acceptors (Lipinski definition) is 15. The van der Waals surface area contributed by atoms with E-state index in [1.54, 1.807) is 0 Å². The number of nitrogens with zero attached hydrogens (tertiary/aromatic N) is 4. The summed E-state index contributed by atoms with van der Waals surface area (Å²) in [6, 6.07) is 29.1. The Morgan fingerprint density at radius 1 is 1.03 bits per heavy atom. The third-order valence-corrected chi connectivity index (χ3v) is 14.0. The number of anilines is 1. The van der Waals surface area contributed by atoms with Crippen molar-refractivity contribution in [2.75, 3.05) is 32.0 Å². The zero-order chi connectivity index (χ0) is 46.1. The predicted octanol–water partition coefficient (Wildman–Crippen LogP) is 5.56. The molecule has 0 amide bonds. The molecule has 2 aliphatic rings. The molecule has 7 rings (SSSR count). The van der Waals surface area contributed by atoms with Crippen molar-refractivity contribution < 1.29 is 43.2 Å². The summed E-state index contributed by atoms with van der Waals surface area (Å²) in [6.45, 7) is 11.9. The number of aromatic amines is 1. The van der Waals surface area contributed by atoms with E-state index in [9.17, 15) is 20.1 Å². The molecular weight excluding hydrogens is 862 g/mol. The fraction of sp³-hybridized carbons (Fsp3) is 0.467. The number of imidazole rings is 1. The minimum absolute atomic E-state index is 0.0338. The predicted molar refractivity (Wildman–Crippen MR) is 244 cm³/mol. The van der Waals surface area contributed by atoms with Gasteiger partial charge in [0.25, 0.3) is 5.56 Å². The van der Waals surface area contributed by atoms with Crippen LogP contribution in [0.4, 0.5) is 5.95 Å². The van der Waals surface area contributed by atoms with Gasteiger partial charge in [0.2, 0.25) is 5.95 Å². The maximum absolute atomic E-state index is 15.9. The van der Waals surface area contributed by atoms with Gasteiger partial charge in [-0.1, -0.05) is 132 Å². The van der Waals surface area contributed by atoms with Crippen LogP contribution in [-0.2, 0) is 33.5 Å². The molecule has 19 heteroatoms. The molecular formula is C45H58N7O10PS. The topological polar surface area (TPSA) is 229 Å². The van der Waals surface area contributed by atoms with Gasteiger partial charge in [-0.3, -0.25) is 18.9 Å². The Balaban J connectivity index is 1.33. The molecule has 2 aliphatic heterocycles. The maximum Gasteiger partial charge on any atom is 0.425 e. The molecule has 0 spiro atoms. The Morgan fingerprint density at radius 3 is 2.09 bits per heavy atom. The van der Waals surface area contributed by atoms with Gasteiger partial charge in [0.15, 0.2) is 33.6 Å². The highest BCUT2D eigenvalue weighted by Gasteiger charge is 2.61. The van der Waals surface area contributed by atoms with E-state index in [0.29, 0.717) is 12.8 Å². The van der Waals surface area contributed by atoms with E-state index in [2.05, 4.69) is 20.0 Å². The second-order valence-electron chi connectivity index (χ2n) is 17.5. The molecule has 4 unspecified atom stereocenters. The molecule has 64 heavy (non-hydrogen) atoms. The minimum Gasteiger partial charge on any atom is -0.463 e. The van der Waals surface area contributed by atoms with Crippen LogP contribution in [0.1, 0.15) is 77.3 Å². The lowest BCUT2D eigenvalue weighted by Gasteiger charge is -2.51. The Hall–Kier alpha value is -4.43. The molecule has 2 saturated heterocycles. The van der Waals surface area contributed by atoms with Crippen molar-refractivity contribution in [1.82, 2.24) is 29.7 Å². The lowest BCUT2D eigenvalue weighted by molar-refractivity contribution is -0.148. The second kappa shape index (κ2) is 18.8. The van der Waals surface area contributed by atoms with Crippen molar-refractivity contribution >= 4 is 42.1 Å². The SMILES string of the molecule is CCCC(C)C(OP(=O)(NC(O)[C@H]1O[C@@H](n2cnc3c(=O)[nH]c(N)nc32)[C@](C)(O)[C@@H]1O)ON1CCOCC1)(C(=S)OC(c1ccccc1)(c1ccccc1)c1ccccc1)C(C)(C)C. The lowest BCUT2D eigenvalue weighted by atomic mass is 9.68. The summed E-state index contributed by atoms with van der Waals surface area (Å²) < 4.78 is 49.7. The maximum atomic E-state index is 15.9. The number of nitrogen functional groups attached to an aromatic ring is 1. The van der Waals surface area contributed by atoms with Gasteiger partial charge in [0, 0.05) is 35.2 Å². The summed E-state index contributed by atoms with van der Waals surface area (Å²) in [5.41, 5.74) is 1.16. The molecule has 0 bridgehead atoms. The van der Waals surface area contributed by atoms with Gasteiger partial charge in [-0.2, -0.15) is 15.1 Å². The highest BCUT2D eigenvalue weighted by Crippen LogP contribution is 2.58. The Bertz CT molecular complexity index is 2390. The molecule has 0 aliphatic carbocycles. The van der Waals surface area contributed by atoms with Gasteiger partial charge >= 0.3 is 7.75 Å². The molecule has 7 N–H and O–H groups in total. The van der Waals surface area contributed by atoms with Gasteiger partial charge < -0.3 is 35.3 Å². The molecule has 2 fully saturated rings. The standard InChI is InChI=1S/C45H58N7O10PS/c1-7-17-29(2)45(42(3,4)5,40(64)60-44(30-18-11-8-12-19-30,31-20-13-9-14-21-31)32-22-15-10-16-23-32)61-63(57,62-51-24-26-58-27-25-51)50-38(55)34-35(53)43(6,56)39(59-34)52-28-47-33-36(52)48-41(46)49-37(33)54/h8-16,18-23,28-29,34-35,38-39,53,55-56H,7,17,24-27H2,1-6H3,(H,50,57)(H3,46,48,49,54)/t29?,34-,35+,38?,39+,43+,45?,63?/m0/s1. The van der Waals surface area contributed by atoms with E-state index in [4.69, 9.17) is 41.3 Å². The minimum atomic E-state index is -4.89. The van der Waals surface area contributed by atoms with Crippen LogP contribution in [-0.4, -0.2) is 101 Å². The number of nitrogens with one attached hydrogen (secondary N) is 2. The van der Waals surface area contributed by atoms with Crippen LogP contribution in [0.3, 0.4) is 0 Å². The average Bonchev–Trinajstić information content (AvgIpc) is 3.79. The fourth-order valence-electron chi connectivity index (χ4n) is 8.88. The van der Waals surface area contributed by atoms with Crippen molar-refractivity contribution in [3.63, 3.8) is 0 Å². The summed E-state index contributed by atoms with van der Waals surface area (Å²) in [6.07, 6.45) is -4.58. The summed E-state index contributed by atoms with van der Waals surface area (Å²) in [7, 11) is -4.89. The zero-order valence-electron chi connectivity index (χ0n) is 36.8. The van der Waals surface area contributed by atoms with Gasteiger partial charge in [0.1, 0.15) is 24.0 Å². The molecule has 5 aromatic rings. The van der Waals surface area contributed by atoms with Crippen molar-refractivity contribution in [2.45, 2.75) is 95.9 Å². The molecule has 2 aromatic heterocycles. The van der Waals surface area contributed by atoms with Crippen LogP contribution in [0.2, 0.25) is 0 Å². The van der Waals surface area contributed by atoms with E-state index in [0.717, 1.165) is 16.7 Å². The molecule has 3 aromatic carbocycles. The number of benzene rings is 3. The van der Waals surface area contributed by atoms with Crippen LogP contribution >= 0.6 is 20.0 Å². The Labute approximate surface area is 377 Å². The highest BCUT2D eigenvalue weighted by atomic mass is 32.1. The third kappa shape index (κ3) is 8.94. The molecule has 8 atom stereocenters. The number of morpholine rings is 1. The molecule has 344 valence electrons. The van der Waals surface area contributed by atoms with Crippen molar-refractivity contribution in [2.24, 2.45) is 11.3 Å². The summed E-state index contributed by atoms with van der Waals surface area (Å²) in [5.74, 6) is -0.717. The van der Waals surface area contributed by atoms with E-state index >= 15 is 4.57 Å². The number of aliphatic hydroxyl groups excluding tert-OH is 2. The monoisotopic (exact) mass is 919 g/mol. The smallest absolute Gasteiger partial charge is 0.425 e. The number of ether oxygens (including phenoxy) is 3. The average molecular weight is 920 g/mol. The summed E-state index contributed by atoms with van der Waals surface area (Å²) >= 11 is 6.54. The van der Waals surface area contributed by atoms with Crippen LogP contribution < -0.4 is 16.4 Å². The van der Waals surface area contributed by atoms with E-state index < -0.39 is 66.1 Å². The van der Waals surface area contributed by atoms with Crippen molar-refractivity contribution in [3.8, 4) is 0 Å². The number of aromatic nitrogens is 4. The van der Waals surface area contributed by atoms with Crippen LogP contribution in [0.25, 0.3) is 11.2 Å². The van der Waals surface area contributed by atoms with Crippen LogP contribution in [0.5, 0.6) is 0 Å². The number of hydroxylamine groups is 2. The summed E-state index contributed by atoms with van der Waals surface area (Å²) in [4.78, 5) is 23.3. The first-order valence-electron chi connectivity index (χ1n) is 21.3. The third-order valence-electron chi connectivity index (χ3n) is 12.1. The Kier molecular flexibility index (Phi) is 14.0. The van der Waals surface area contributed by atoms with Gasteiger partial charge in [-0.15, -0.1) is 0 Å². The van der Waals surface area contributed by atoms with E-state index in [1.807, 2.05) is 126 Å². The van der Waals surface area contributed by atoms with Gasteiger partial charge in [-0.05, 0) is 31.5 Å². The first kappa shape index (κ1) is 47.5. The zero-order valence-corrected chi connectivity index (χ0v) is 38.5. The number of thiocarbonyl (C=S) groups is 1. The van der Waals surface area contributed by atoms with Gasteiger partial charge in [-0.25, -0.2) is 14.2 Å². The van der Waals surface area contributed by atoms with Crippen molar-refractivity contribution in [1.29, 1.82) is 0 Å². The number of hydrogen-bond donors (Lipinski definition) is 6. The number of rotatable bonds is 16. The number of fused-ring (bicyclic) bond motifs is 1. The quantitative estimate of drug-likeness (QED) is 0.0308. The second-order valence-corrected chi connectivity index (χ2v) is 19.5. The number of H-pyrrole nitrogens is 1. The van der Waals surface area contributed by atoms with E-state index in [-0.39, 0.29) is 48.5 Å². The van der Waals surface area contributed by atoms with Crippen molar-refractivity contribution in [3.05, 3.63) is 124 Å². The lowest BCUT2D eigenvalue weighted by Crippen LogP contribution is -2.59. The molecule has 4 heterocycles. The highest BCUT2D eigenvalue weighted by molar-refractivity contribution is 7.80. The van der Waals surface area contributed by atoms with Crippen LogP contribution in [0.15, 0.2) is 102 Å². The molecule has 17 nitrogen and oxygen atoms in total. The fourth-order valence-corrected chi connectivity index (χ4v) is 11.6. The normalized spacial score (nSPS) is 23.9. The molecule has 0 radical (unpaired) electrons.